The molecule has 0 saturated heterocycles. The van der Waals surface area contributed by atoms with Gasteiger partial charge in [0.15, 0.2) is 0 Å². The predicted molar refractivity (Wildman–Crippen MR) is 42.3 cm³/mol. The largest absolute Gasteiger partial charge is 0.327 e. The maximum absolute atomic E-state index is 5.27. The SMILES string of the molecule is NC/C=C\c1ccncc1. The van der Waals surface area contributed by atoms with Gasteiger partial charge in [0.1, 0.15) is 0 Å². The fourth-order valence-corrected chi connectivity index (χ4v) is 0.679. The molecule has 0 fully saturated rings. The fourth-order valence-electron chi connectivity index (χ4n) is 0.679. The summed E-state index contributed by atoms with van der Waals surface area (Å²) in [5.41, 5.74) is 6.41. The van der Waals surface area contributed by atoms with E-state index < -0.39 is 0 Å². The summed E-state index contributed by atoms with van der Waals surface area (Å²) < 4.78 is 0. The van der Waals surface area contributed by atoms with Crippen LogP contribution in [0.2, 0.25) is 0 Å². The third-order valence-corrected chi connectivity index (χ3v) is 1.15. The van der Waals surface area contributed by atoms with Gasteiger partial charge in [-0.25, -0.2) is 0 Å². The molecule has 1 aromatic heterocycles. The molecule has 0 amide bonds. The fraction of sp³-hybridized carbons (Fsp3) is 0.125. The van der Waals surface area contributed by atoms with Gasteiger partial charge in [0.25, 0.3) is 0 Å². The topological polar surface area (TPSA) is 38.9 Å². The van der Waals surface area contributed by atoms with E-state index in [1.165, 1.54) is 0 Å². The van der Waals surface area contributed by atoms with Crippen LogP contribution < -0.4 is 5.73 Å². The molecule has 0 aliphatic carbocycles. The van der Waals surface area contributed by atoms with E-state index in [1.807, 2.05) is 24.3 Å². The van der Waals surface area contributed by atoms with Crippen LogP contribution in [0.5, 0.6) is 0 Å². The highest BCUT2D eigenvalue weighted by Gasteiger charge is 1.79. The lowest BCUT2D eigenvalue weighted by atomic mass is 10.2. The van der Waals surface area contributed by atoms with Gasteiger partial charge in [0, 0.05) is 18.9 Å². The highest BCUT2D eigenvalue weighted by atomic mass is 14.6. The lowest BCUT2D eigenvalue weighted by Gasteiger charge is -1.87. The van der Waals surface area contributed by atoms with E-state index in [0.29, 0.717) is 6.54 Å². The van der Waals surface area contributed by atoms with Crippen molar-refractivity contribution in [1.29, 1.82) is 0 Å². The van der Waals surface area contributed by atoms with Crippen molar-refractivity contribution in [3.63, 3.8) is 0 Å². The van der Waals surface area contributed by atoms with Crippen molar-refractivity contribution in [3.05, 3.63) is 36.2 Å². The molecule has 2 N–H and O–H groups in total. The number of aromatic nitrogens is 1. The van der Waals surface area contributed by atoms with Gasteiger partial charge in [-0.15, -0.1) is 0 Å². The zero-order valence-corrected chi connectivity index (χ0v) is 5.70. The van der Waals surface area contributed by atoms with Crippen LogP contribution in [-0.2, 0) is 0 Å². The molecule has 10 heavy (non-hydrogen) atoms. The van der Waals surface area contributed by atoms with Crippen molar-refractivity contribution < 1.29 is 0 Å². The molecule has 0 spiro atoms. The average molecular weight is 134 g/mol. The van der Waals surface area contributed by atoms with Crippen LogP contribution in [0.1, 0.15) is 5.56 Å². The molecule has 1 rings (SSSR count). The smallest absolute Gasteiger partial charge is 0.0273 e. The summed E-state index contributed by atoms with van der Waals surface area (Å²) in [4.78, 5) is 3.89. The lowest BCUT2D eigenvalue weighted by molar-refractivity contribution is 1.26. The monoisotopic (exact) mass is 134 g/mol. The number of nitrogens with zero attached hydrogens (tertiary/aromatic N) is 1. The van der Waals surface area contributed by atoms with Crippen LogP contribution in [0.3, 0.4) is 0 Å². The molecule has 1 aromatic rings. The number of nitrogens with two attached hydrogens (primary N) is 1. The number of hydrogen-bond donors (Lipinski definition) is 1. The summed E-state index contributed by atoms with van der Waals surface area (Å²) in [6.07, 6.45) is 7.41. The van der Waals surface area contributed by atoms with Gasteiger partial charge in [0.05, 0.1) is 0 Å². The first kappa shape index (κ1) is 6.96. The molecule has 2 heteroatoms. The summed E-state index contributed by atoms with van der Waals surface area (Å²) in [6.45, 7) is 0.586. The molecule has 2 nitrogen and oxygen atoms in total. The van der Waals surface area contributed by atoms with Gasteiger partial charge >= 0.3 is 0 Å². The molecular formula is C8H10N2. The third-order valence-electron chi connectivity index (χ3n) is 1.15. The van der Waals surface area contributed by atoms with Crippen LogP contribution >= 0.6 is 0 Å². The lowest BCUT2D eigenvalue weighted by Crippen LogP contribution is -1.91. The highest BCUT2D eigenvalue weighted by Crippen LogP contribution is 1.97. The quantitative estimate of drug-likeness (QED) is 0.656. The van der Waals surface area contributed by atoms with Gasteiger partial charge in [-0.3, -0.25) is 4.98 Å². The minimum absolute atomic E-state index is 0.586. The van der Waals surface area contributed by atoms with Gasteiger partial charge < -0.3 is 5.73 Å². The minimum Gasteiger partial charge on any atom is -0.327 e. The first-order chi connectivity index (χ1) is 4.93. The second kappa shape index (κ2) is 3.80. The van der Waals surface area contributed by atoms with Crippen LogP contribution in [0.25, 0.3) is 6.08 Å². The molecule has 0 radical (unpaired) electrons. The van der Waals surface area contributed by atoms with Gasteiger partial charge in [-0.1, -0.05) is 12.2 Å². The summed E-state index contributed by atoms with van der Waals surface area (Å²) in [5, 5.41) is 0. The molecule has 0 atom stereocenters. The Morgan fingerprint density at radius 2 is 2.10 bits per heavy atom. The zero-order chi connectivity index (χ0) is 7.23. The molecule has 0 aliphatic rings. The van der Waals surface area contributed by atoms with Crippen LogP contribution in [0.4, 0.5) is 0 Å². The van der Waals surface area contributed by atoms with E-state index in [2.05, 4.69) is 4.98 Å². The van der Waals surface area contributed by atoms with E-state index in [9.17, 15) is 0 Å². The first-order valence-electron chi connectivity index (χ1n) is 3.20. The molecule has 0 bridgehead atoms. The Hall–Kier alpha value is -1.15. The minimum atomic E-state index is 0.586. The van der Waals surface area contributed by atoms with E-state index >= 15 is 0 Å². The zero-order valence-electron chi connectivity index (χ0n) is 5.70. The van der Waals surface area contributed by atoms with Crippen molar-refractivity contribution in [3.8, 4) is 0 Å². The Morgan fingerprint density at radius 3 is 2.70 bits per heavy atom. The van der Waals surface area contributed by atoms with E-state index in [-0.39, 0.29) is 0 Å². The van der Waals surface area contributed by atoms with E-state index in [0.717, 1.165) is 5.56 Å². The predicted octanol–water partition coefficient (Wildman–Crippen LogP) is 1.05. The summed E-state index contributed by atoms with van der Waals surface area (Å²) in [7, 11) is 0. The number of hydrogen-bond acceptors (Lipinski definition) is 2. The van der Waals surface area contributed by atoms with Crippen molar-refractivity contribution in [2.24, 2.45) is 5.73 Å². The molecule has 0 aromatic carbocycles. The Balaban J connectivity index is 2.67. The Kier molecular flexibility index (Phi) is 2.64. The molecule has 0 unspecified atom stereocenters. The third kappa shape index (κ3) is 1.99. The summed E-state index contributed by atoms with van der Waals surface area (Å²) >= 11 is 0. The molecule has 52 valence electrons. The molecule has 0 saturated carbocycles. The maximum Gasteiger partial charge on any atom is 0.0273 e. The molecule has 1 heterocycles. The van der Waals surface area contributed by atoms with Crippen molar-refractivity contribution in [1.82, 2.24) is 4.98 Å². The standard InChI is InChI=1S/C8H10N2/c9-5-1-2-8-3-6-10-7-4-8/h1-4,6-7H,5,9H2/b2-1-. The van der Waals surface area contributed by atoms with Crippen LogP contribution in [0, 0.1) is 0 Å². The summed E-state index contributed by atoms with van der Waals surface area (Å²) in [6, 6.07) is 3.87. The molecular weight excluding hydrogens is 124 g/mol. The number of pyridine rings is 1. The Labute approximate surface area is 60.4 Å². The Bertz CT molecular complexity index is 204. The average Bonchev–Trinajstić information content (AvgIpc) is 2.03. The summed E-state index contributed by atoms with van der Waals surface area (Å²) in [5.74, 6) is 0. The van der Waals surface area contributed by atoms with Crippen molar-refractivity contribution >= 4 is 6.08 Å². The maximum atomic E-state index is 5.27. The first-order valence-corrected chi connectivity index (χ1v) is 3.20. The van der Waals surface area contributed by atoms with Crippen LogP contribution in [-0.4, -0.2) is 11.5 Å². The Morgan fingerprint density at radius 1 is 1.40 bits per heavy atom. The highest BCUT2D eigenvalue weighted by molar-refractivity contribution is 5.47. The van der Waals surface area contributed by atoms with Crippen molar-refractivity contribution in [2.75, 3.05) is 6.54 Å². The van der Waals surface area contributed by atoms with Crippen LogP contribution in [0.15, 0.2) is 30.6 Å². The van der Waals surface area contributed by atoms with Gasteiger partial charge in [-0.05, 0) is 17.7 Å². The second-order valence-electron chi connectivity index (χ2n) is 1.92. The van der Waals surface area contributed by atoms with Gasteiger partial charge in [0.2, 0.25) is 0 Å². The molecule has 0 aliphatic heterocycles. The second-order valence-corrected chi connectivity index (χ2v) is 1.92. The van der Waals surface area contributed by atoms with E-state index in [4.69, 9.17) is 5.73 Å². The van der Waals surface area contributed by atoms with Crippen molar-refractivity contribution in [2.45, 2.75) is 0 Å². The normalized spacial score (nSPS) is 10.5. The number of rotatable bonds is 2. The van der Waals surface area contributed by atoms with Gasteiger partial charge in [-0.2, -0.15) is 0 Å². The van der Waals surface area contributed by atoms with E-state index in [1.54, 1.807) is 12.4 Å².